The van der Waals surface area contributed by atoms with Crippen molar-refractivity contribution in [3.05, 3.63) is 36.3 Å². The molecule has 1 amide bonds. The number of imidazole rings is 1. The summed E-state index contributed by atoms with van der Waals surface area (Å²) in [6, 6.07) is 4.32. The van der Waals surface area contributed by atoms with Gasteiger partial charge in [0.2, 0.25) is 5.91 Å². The minimum absolute atomic E-state index is 0.0446. The summed E-state index contributed by atoms with van der Waals surface area (Å²) in [7, 11) is 0. The Balaban J connectivity index is 1.25. The van der Waals surface area contributed by atoms with Crippen molar-refractivity contribution >= 4 is 11.6 Å². The van der Waals surface area contributed by atoms with Gasteiger partial charge in [0, 0.05) is 43.0 Å². The molecular weight excluding hydrogens is 314 g/mol. The average Bonchev–Trinajstić information content (AvgIpc) is 3.16. The van der Waals surface area contributed by atoms with E-state index in [9.17, 15) is 9.90 Å². The van der Waals surface area contributed by atoms with E-state index in [2.05, 4.69) is 21.5 Å². The molecule has 0 aromatic carbocycles. The van der Waals surface area contributed by atoms with Crippen molar-refractivity contribution < 1.29 is 9.90 Å². The predicted molar refractivity (Wildman–Crippen MR) is 94.1 cm³/mol. The van der Waals surface area contributed by atoms with Gasteiger partial charge in [-0.2, -0.15) is 0 Å². The fourth-order valence-corrected chi connectivity index (χ4v) is 5.40. The van der Waals surface area contributed by atoms with Gasteiger partial charge < -0.3 is 14.4 Å². The van der Waals surface area contributed by atoms with Gasteiger partial charge in [-0.1, -0.05) is 6.07 Å². The standard InChI is InChI=1S/C20H25N3O2/c1-19(25)9-15(10-19)18(24)23-12-20(13-23)5-4-14(11-20)16-3-2-7-22-8-6-21-17(16)22/h2-3,6-8,14-15,25H,4-5,9-13H2,1H3/t14?,15-,19+. The Hall–Kier alpha value is -1.88. The summed E-state index contributed by atoms with van der Waals surface area (Å²) in [5.74, 6) is 0.854. The van der Waals surface area contributed by atoms with Crippen LogP contribution in [0.4, 0.5) is 0 Å². The molecule has 5 rings (SSSR count). The minimum Gasteiger partial charge on any atom is -0.390 e. The van der Waals surface area contributed by atoms with Crippen molar-refractivity contribution in [3.63, 3.8) is 0 Å². The Morgan fingerprint density at radius 1 is 1.28 bits per heavy atom. The number of hydrogen-bond acceptors (Lipinski definition) is 3. The molecular formula is C20H25N3O2. The number of carbonyl (C=O) groups is 1. The largest absolute Gasteiger partial charge is 0.390 e. The quantitative estimate of drug-likeness (QED) is 0.915. The number of carbonyl (C=O) groups excluding carboxylic acids is 1. The summed E-state index contributed by atoms with van der Waals surface area (Å²) in [5, 5.41) is 9.86. The normalized spacial score (nSPS) is 33.4. The Labute approximate surface area is 147 Å². The highest BCUT2D eigenvalue weighted by Crippen LogP contribution is 2.53. The molecule has 3 fully saturated rings. The molecule has 1 N–H and O–H groups in total. The fourth-order valence-electron chi connectivity index (χ4n) is 5.40. The Bertz CT molecular complexity index is 826. The summed E-state index contributed by atoms with van der Waals surface area (Å²) in [5.41, 5.74) is 2.12. The van der Waals surface area contributed by atoms with E-state index in [0.717, 1.165) is 25.2 Å². The van der Waals surface area contributed by atoms with Crippen LogP contribution in [-0.4, -0.2) is 44.0 Å². The smallest absolute Gasteiger partial charge is 0.225 e. The number of aromatic nitrogens is 2. The number of nitrogens with zero attached hydrogens (tertiary/aromatic N) is 3. The number of pyridine rings is 1. The van der Waals surface area contributed by atoms with Crippen LogP contribution in [0.5, 0.6) is 0 Å². The molecule has 5 heteroatoms. The molecule has 132 valence electrons. The molecule has 1 spiro atoms. The van der Waals surface area contributed by atoms with E-state index in [0.29, 0.717) is 24.2 Å². The average molecular weight is 339 g/mol. The van der Waals surface area contributed by atoms with Gasteiger partial charge in [0.15, 0.2) is 0 Å². The maximum absolute atomic E-state index is 12.5. The van der Waals surface area contributed by atoms with Crippen LogP contribution in [0, 0.1) is 11.3 Å². The molecule has 3 aliphatic rings. The number of hydrogen-bond donors (Lipinski definition) is 1. The molecule has 0 bridgehead atoms. The zero-order chi connectivity index (χ0) is 17.2. The molecule has 2 saturated carbocycles. The first-order valence-electron chi connectivity index (χ1n) is 9.38. The Morgan fingerprint density at radius 3 is 2.84 bits per heavy atom. The van der Waals surface area contributed by atoms with Crippen molar-refractivity contribution in [2.24, 2.45) is 11.3 Å². The van der Waals surface area contributed by atoms with Crippen molar-refractivity contribution in [1.82, 2.24) is 14.3 Å². The van der Waals surface area contributed by atoms with Crippen LogP contribution in [0.1, 0.15) is 50.5 Å². The maximum Gasteiger partial charge on any atom is 0.225 e. The van der Waals surface area contributed by atoms with Crippen LogP contribution < -0.4 is 0 Å². The summed E-state index contributed by atoms with van der Waals surface area (Å²) in [4.78, 5) is 19.1. The highest BCUT2D eigenvalue weighted by molar-refractivity contribution is 5.81. The second kappa shape index (κ2) is 5.07. The lowest BCUT2D eigenvalue weighted by molar-refractivity contribution is -0.161. The van der Waals surface area contributed by atoms with Crippen molar-refractivity contribution in [3.8, 4) is 0 Å². The molecule has 5 nitrogen and oxygen atoms in total. The summed E-state index contributed by atoms with van der Waals surface area (Å²) in [6.07, 6.45) is 10.7. The predicted octanol–water partition coefficient (Wildman–Crippen LogP) is 2.59. The molecule has 0 radical (unpaired) electrons. The third kappa shape index (κ3) is 2.40. The lowest BCUT2D eigenvalue weighted by atomic mass is 9.69. The van der Waals surface area contributed by atoms with Crippen molar-refractivity contribution in [2.75, 3.05) is 13.1 Å². The van der Waals surface area contributed by atoms with E-state index >= 15 is 0 Å². The van der Waals surface area contributed by atoms with Gasteiger partial charge in [-0.05, 0) is 56.6 Å². The SMILES string of the molecule is C[C@]1(O)C[C@@H](C(=O)N2CC3(CCC(c4cccn5ccnc45)C3)C2)C1. The van der Waals surface area contributed by atoms with Gasteiger partial charge >= 0.3 is 0 Å². The molecule has 25 heavy (non-hydrogen) atoms. The molecule has 1 aliphatic heterocycles. The summed E-state index contributed by atoms with van der Waals surface area (Å²) < 4.78 is 2.10. The van der Waals surface area contributed by atoms with Crippen LogP contribution in [0.2, 0.25) is 0 Å². The van der Waals surface area contributed by atoms with Gasteiger partial charge in [-0.25, -0.2) is 4.98 Å². The number of likely N-dealkylation sites (tertiary alicyclic amines) is 1. The first-order chi connectivity index (χ1) is 11.9. The molecule has 1 unspecified atom stereocenters. The van der Waals surface area contributed by atoms with E-state index < -0.39 is 5.60 Å². The molecule has 2 aromatic rings. The van der Waals surface area contributed by atoms with Crippen LogP contribution in [-0.2, 0) is 4.79 Å². The number of amides is 1. The second-order valence-corrected chi connectivity index (χ2v) is 8.86. The van der Waals surface area contributed by atoms with Crippen molar-refractivity contribution in [2.45, 2.75) is 50.5 Å². The van der Waals surface area contributed by atoms with Crippen LogP contribution in [0.3, 0.4) is 0 Å². The Kier molecular flexibility index (Phi) is 3.12. The minimum atomic E-state index is -0.621. The molecule has 2 aliphatic carbocycles. The second-order valence-electron chi connectivity index (χ2n) is 8.86. The zero-order valence-corrected chi connectivity index (χ0v) is 14.7. The highest BCUT2D eigenvalue weighted by atomic mass is 16.3. The third-order valence-corrected chi connectivity index (χ3v) is 6.68. The molecule has 3 heterocycles. The fraction of sp³-hybridized carbons (Fsp3) is 0.600. The van der Waals surface area contributed by atoms with Gasteiger partial charge in [0.05, 0.1) is 5.60 Å². The highest BCUT2D eigenvalue weighted by Gasteiger charge is 2.53. The Morgan fingerprint density at radius 2 is 2.08 bits per heavy atom. The van der Waals surface area contributed by atoms with E-state index in [1.54, 1.807) is 0 Å². The van der Waals surface area contributed by atoms with Crippen molar-refractivity contribution in [1.29, 1.82) is 0 Å². The van der Waals surface area contributed by atoms with Gasteiger partial charge in [-0.3, -0.25) is 4.79 Å². The number of fused-ring (bicyclic) bond motifs is 1. The van der Waals surface area contributed by atoms with E-state index in [4.69, 9.17) is 0 Å². The lowest BCUT2D eigenvalue weighted by Crippen LogP contribution is -2.61. The first kappa shape index (κ1) is 15.4. The van der Waals surface area contributed by atoms with Gasteiger partial charge in [0.1, 0.15) is 5.65 Å². The van der Waals surface area contributed by atoms with Crippen LogP contribution >= 0.6 is 0 Å². The maximum atomic E-state index is 12.5. The van der Waals surface area contributed by atoms with E-state index in [1.165, 1.54) is 18.4 Å². The summed E-state index contributed by atoms with van der Waals surface area (Å²) in [6.45, 7) is 3.63. The topological polar surface area (TPSA) is 57.8 Å². The zero-order valence-electron chi connectivity index (χ0n) is 14.7. The lowest BCUT2D eigenvalue weighted by Gasteiger charge is -2.52. The monoisotopic (exact) mass is 339 g/mol. The molecule has 1 saturated heterocycles. The number of rotatable bonds is 2. The van der Waals surface area contributed by atoms with E-state index in [-0.39, 0.29) is 11.8 Å². The number of aliphatic hydroxyl groups is 1. The van der Waals surface area contributed by atoms with Crippen LogP contribution in [0.15, 0.2) is 30.7 Å². The molecule has 1 atom stereocenters. The first-order valence-corrected chi connectivity index (χ1v) is 9.38. The van der Waals surface area contributed by atoms with E-state index in [1.807, 2.05) is 30.4 Å². The van der Waals surface area contributed by atoms with Gasteiger partial charge in [0.25, 0.3) is 0 Å². The van der Waals surface area contributed by atoms with Gasteiger partial charge in [-0.15, -0.1) is 0 Å². The third-order valence-electron chi connectivity index (χ3n) is 6.68. The summed E-state index contributed by atoms with van der Waals surface area (Å²) >= 11 is 0. The van der Waals surface area contributed by atoms with Crippen LogP contribution in [0.25, 0.3) is 5.65 Å². The molecule has 2 aromatic heterocycles.